The van der Waals surface area contributed by atoms with Crippen molar-refractivity contribution < 1.29 is 105 Å². The van der Waals surface area contributed by atoms with Crippen molar-refractivity contribution in [1.82, 2.24) is 19.1 Å². The van der Waals surface area contributed by atoms with E-state index < -0.39 is 167 Å². The molecule has 5 nitrogen and oxygen atoms in total. The van der Waals surface area contributed by atoms with Crippen LogP contribution >= 0.6 is 0 Å². The van der Waals surface area contributed by atoms with E-state index in [4.69, 9.17) is 0 Å². The van der Waals surface area contributed by atoms with E-state index in [1.165, 1.54) is 19.9 Å². The Bertz CT molecular complexity index is 4730. The number of nitrogens with zero attached hydrogens (tertiary/aromatic N) is 5. The lowest BCUT2D eigenvalue weighted by Gasteiger charge is -2.21. The van der Waals surface area contributed by atoms with E-state index >= 15 is 52.7 Å². The molecule has 502 valence electrons. The minimum Gasteiger partial charge on any atom is -0.308 e. The van der Waals surface area contributed by atoms with Gasteiger partial charge in [0.1, 0.15) is 0 Å². The molecular formula is C69H33F24N5. The fourth-order valence-corrected chi connectivity index (χ4v) is 12.1. The third-order valence-electron chi connectivity index (χ3n) is 16.3. The van der Waals surface area contributed by atoms with Crippen molar-refractivity contribution >= 4 is 43.6 Å². The second kappa shape index (κ2) is 22.8. The van der Waals surface area contributed by atoms with Gasteiger partial charge in [-0.25, -0.2) is 9.97 Å². The van der Waals surface area contributed by atoms with Gasteiger partial charge in [-0.15, -0.1) is 0 Å². The zero-order valence-electron chi connectivity index (χ0n) is 48.9. The van der Waals surface area contributed by atoms with Crippen LogP contribution in [0, 0.1) is 25.2 Å². The van der Waals surface area contributed by atoms with Gasteiger partial charge in [0.2, 0.25) is 0 Å². The first-order chi connectivity index (χ1) is 45.4. The van der Waals surface area contributed by atoms with Crippen molar-refractivity contribution in [2.24, 2.45) is 0 Å². The van der Waals surface area contributed by atoms with Crippen LogP contribution in [0.15, 0.2) is 164 Å². The number of aryl methyl sites for hydroxylation is 2. The largest absolute Gasteiger partial charge is 0.417 e. The van der Waals surface area contributed by atoms with E-state index in [1.54, 1.807) is 0 Å². The number of hydrogen-bond acceptors (Lipinski definition) is 3. The van der Waals surface area contributed by atoms with Crippen LogP contribution in [-0.4, -0.2) is 19.1 Å². The van der Waals surface area contributed by atoms with Crippen LogP contribution in [-0.2, 0) is 49.4 Å². The van der Waals surface area contributed by atoms with Crippen molar-refractivity contribution in [1.29, 1.82) is 5.26 Å². The van der Waals surface area contributed by atoms with Gasteiger partial charge < -0.3 is 9.13 Å². The first-order valence-corrected chi connectivity index (χ1v) is 28.1. The summed E-state index contributed by atoms with van der Waals surface area (Å²) in [7, 11) is 0. The summed E-state index contributed by atoms with van der Waals surface area (Å²) in [4.78, 5) is 9.32. The zero-order valence-corrected chi connectivity index (χ0v) is 48.9. The summed E-state index contributed by atoms with van der Waals surface area (Å²) in [5.41, 5.74) is -22.7. The van der Waals surface area contributed by atoms with Crippen molar-refractivity contribution in [2.75, 3.05) is 0 Å². The van der Waals surface area contributed by atoms with Crippen LogP contribution in [0.5, 0.6) is 0 Å². The molecule has 0 atom stereocenters. The third kappa shape index (κ3) is 12.2. The van der Waals surface area contributed by atoms with Gasteiger partial charge in [-0.2, -0.15) is 111 Å². The average molecular weight is 1390 g/mol. The predicted octanol–water partition coefficient (Wildman–Crippen LogP) is 23.6. The number of halogens is 24. The molecule has 3 aromatic heterocycles. The Labute approximate surface area is 533 Å². The number of nitriles is 1. The van der Waals surface area contributed by atoms with Gasteiger partial charge in [0.15, 0.2) is 5.82 Å². The Hall–Kier alpha value is -10.5. The molecule has 0 radical (unpaired) electrons. The summed E-state index contributed by atoms with van der Waals surface area (Å²) >= 11 is 0. The van der Waals surface area contributed by atoms with Crippen molar-refractivity contribution in [2.45, 2.75) is 63.3 Å². The SMILES string of the molecule is Cc1cc(C)nc(-c2c(-n3c4cc(-c5ccc(C(F)(F)F)cc5C(F)(F)F)ccc4c4ccc(-c5ccc(C(F)(F)F)cc5C(F)(F)F)cc43)cc(C#N)cc2-n2c3cc(-c4ccc(C(F)(F)F)cc4C(F)(F)F)ccc3c3ccc(-c4ccc(C(F)(F)F)cc4C(F)(F)F)cc32)n1. The first kappa shape index (κ1) is 67.5. The van der Waals surface area contributed by atoms with Crippen LogP contribution in [0.2, 0.25) is 0 Å². The molecule has 0 spiro atoms. The van der Waals surface area contributed by atoms with Crippen molar-refractivity contribution in [3.63, 3.8) is 0 Å². The fourth-order valence-electron chi connectivity index (χ4n) is 12.1. The number of alkyl halides is 24. The Kier molecular flexibility index (Phi) is 15.7. The van der Waals surface area contributed by atoms with Gasteiger partial charge >= 0.3 is 49.4 Å². The smallest absolute Gasteiger partial charge is 0.308 e. The number of aromatic nitrogens is 4. The van der Waals surface area contributed by atoms with Gasteiger partial charge in [-0.05, 0) is 149 Å². The highest BCUT2D eigenvalue weighted by molar-refractivity contribution is 6.14. The maximum absolute atomic E-state index is 15.1. The summed E-state index contributed by atoms with van der Waals surface area (Å²) in [5, 5.41) is 11.0. The molecule has 12 aromatic rings. The van der Waals surface area contributed by atoms with Crippen LogP contribution in [0.4, 0.5) is 105 Å². The second-order valence-electron chi connectivity index (χ2n) is 22.6. The van der Waals surface area contributed by atoms with Crippen LogP contribution in [0.25, 0.3) is 111 Å². The van der Waals surface area contributed by atoms with Gasteiger partial charge in [-0.3, -0.25) is 0 Å². The molecule has 0 amide bonds. The molecule has 9 aromatic carbocycles. The normalized spacial score (nSPS) is 13.2. The van der Waals surface area contributed by atoms with E-state index in [2.05, 4.69) is 9.97 Å². The monoisotopic (exact) mass is 1390 g/mol. The fraction of sp³-hybridized carbons (Fsp3) is 0.145. The highest BCUT2D eigenvalue weighted by Gasteiger charge is 2.43. The van der Waals surface area contributed by atoms with E-state index in [0.717, 1.165) is 94.1 Å². The average Bonchev–Trinajstić information content (AvgIpc) is 1.55. The Balaban J connectivity index is 1.28. The van der Waals surface area contributed by atoms with E-state index in [0.29, 0.717) is 48.5 Å². The molecule has 98 heavy (non-hydrogen) atoms. The standard InChI is InChI=1S/C69H33F24N5/c1-31-19-32(2)96-61(95-31)60-58(97-54-22-34(42-15-7-38(62(70,71)72)26-50(42)66(82,83)84)3-11-46(54)47-12-4-35(23-55(47)97)43-16-8-39(63(73,74)75)27-51(43)67(85,86)87)20-33(30-94)21-59(60)98-56-24-36(44-17-9-40(64(76,77)78)28-52(44)68(88,89)90)5-13-48(56)49-14-6-37(25-57(49)98)45-18-10-41(65(79,80)81)29-53(45)69(91,92)93/h3-29H,1-2H3. The minimum absolute atomic E-state index is 0.0457. The molecule has 0 aliphatic rings. The minimum atomic E-state index is -5.53. The van der Waals surface area contributed by atoms with E-state index in [1.807, 2.05) is 6.07 Å². The summed E-state index contributed by atoms with van der Waals surface area (Å²) in [6.07, 6.45) is -43.4. The lowest BCUT2D eigenvalue weighted by molar-refractivity contribution is -0.144. The van der Waals surface area contributed by atoms with Crippen molar-refractivity contribution in [3.05, 3.63) is 225 Å². The molecule has 0 fully saturated rings. The lowest BCUT2D eigenvalue weighted by atomic mass is 9.95. The molecule has 0 saturated heterocycles. The molecule has 0 aliphatic carbocycles. The quantitative estimate of drug-likeness (QED) is 0.149. The molecular weight excluding hydrogens is 1350 g/mol. The topological polar surface area (TPSA) is 59.4 Å². The highest BCUT2D eigenvalue weighted by Crippen LogP contribution is 2.51. The highest BCUT2D eigenvalue weighted by atomic mass is 19.4. The summed E-state index contributed by atoms with van der Waals surface area (Å²) < 4.78 is 353. The molecule has 3 heterocycles. The Morgan fingerprint density at radius 3 is 0.755 bits per heavy atom. The van der Waals surface area contributed by atoms with Gasteiger partial charge in [0, 0.05) is 32.9 Å². The molecule has 29 heteroatoms. The number of benzene rings is 9. The number of fused-ring (bicyclic) bond motifs is 6. The maximum atomic E-state index is 15.1. The van der Waals surface area contributed by atoms with E-state index in [-0.39, 0.29) is 79.3 Å². The summed E-state index contributed by atoms with van der Waals surface area (Å²) in [5.74, 6) is -0.435. The van der Waals surface area contributed by atoms with Crippen LogP contribution in [0.1, 0.15) is 61.5 Å². The van der Waals surface area contributed by atoms with Gasteiger partial charge in [0.25, 0.3) is 0 Å². The second-order valence-corrected chi connectivity index (χ2v) is 22.6. The summed E-state index contributed by atoms with van der Waals surface area (Å²) in [6, 6.07) is 20.9. The molecule has 0 saturated carbocycles. The summed E-state index contributed by atoms with van der Waals surface area (Å²) in [6.45, 7) is 2.85. The van der Waals surface area contributed by atoms with Gasteiger partial charge in [0.05, 0.1) is 95.1 Å². The Morgan fingerprint density at radius 1 is 0.296 bits per heavy atom. The van der Waals surface area contributed by atoms with Crippen LogP contribution in [0.3, 0.4) is 0 Å². The third-order valence-corrected chi connectivity index (χ3v) is 16.3. The first-order valence-electron chi connectivity index (χ1n) is 28.1. The lowest BCUT2D eigenvalue weighted by Crippen LogP contribution is -2.12. The number of hydrogen-bond donors (Lipinski definition) is 0. The number of rotatable bonds is 7. The molecule has 0 bridgehead atoms. The molecule has 12 rings (SSSR count). The van der Waals surface area contributed by atoms with Gasteiger partial charge in [-0.1, -0.05) is 72.8 Å². The predicted molar refractivity (Wildman–Crippen MR) is 312 cm³/mol. The van der Waals surface area contributed by atoms with Crippen LogP contribution < -0.4 is 0 Å². The Morgan fingerprint density at radius 2 is 0.541 bits per heavy atom. The van der Waals surface area contributed by atoms with E-state index in [9.17, 15) is 57.9 Å². The zero-order chi connectivity index (χ0) is 71.3. The molecule has 0 N–H and O–H groups in total. The molecule has 0 unspecified atom stereocenters. The molecule has 0 aliphatic heterocycles. The maximum Gasteiger partial charge on any atom is 0.417 e. The van der Waals surface area contributed by atoms with Crippen molar-refractivity contribution in [3.8, 4) is 73.3 Å².